The molecule has 1 aliphatic heterocycles. The zero-order valence-electron chi connectivity index (χ0n) is 12.8. The van der Waals surface area contributed by atoms with Crippen molar-refractivity contribution in [3.05, 3.63) is 24.3 Å². The summed E-state index contributed by atoms with van der Waals surface area (Å²) in [6, 6.07) is 5.91. The molecule has 1 aromatic carbocycles. The molecule has 0 radical (unpaired) electrons. The number of terminal acetylenes is 1. The molecule has 2 N–H and O–H groups in total. The minimum atomic E-state index is -4.69. The van der Waals surface area contributed by atoms with E-state index in [1.165, 1.54) is 4.90 Å². The average molecular weight is 342 g/mol. The topological polar surface area (TPSA) is 61.8 Å². The molecule has 0 atom stereocenters. The van der Waals surface area contributed by atoms with Crippen LogP contribution in [0.5, 0.6) is 5.75 Å². The van der Waals surface area contributed by atoms with Crippen LogP contribution < -0.4 is 10.1 Å². The third kappa shape index (κ3) is 4.11. The van der Waals surface area contributed by atoms with Crippen molar-refractivity contribution in [1.82, 2.24) is 4.90 Å². The predicted octanol–water partition coefficient (Wildman–Crippen LogP) is 2.62. The number of alkyl halides is 3. The second-order valence-corrected chi connectivity index (χ2v) is 5.46. The summed E-state index contributed by atoms with van der Waals surface area (Å²) in [7, 11) is 0. The molecule has 1 fully saturated rings. The minimum absolute atomic E-state index is 0.127. The smallest absolute Gasteiger partial charge is 0.417 e. The molecular weight excluding hydrogens is 325 g/mol. The fourth-order valence-corrected chi connectivity index (χ4v) is 2.33. The number of rotatable bonds is 3. The maximum absolute atomic E-state index is 12.7. The van der Waals surface area contributed by atoms with Gasteiger partial charge in [-0.3, -0.25) is 0 Å². The van der Waals surface area contributed by atoms with E-state index in [2.05, 4.69) is 11.2 Å². The van der Waals surface area contributed by atoms with Crippen LogP contribution in [-0.2, 0) is 0 Å². The van der Waals surface area contributed by atoms with Crippen LogP contribution in [0, 0.1) is 12.3 Å². The van der Waals surface area contributed by atoms with Crippen molar-refractivity contribution in [2.75, 3.05) is 25.0 Å². The Morgan fingerprint density at radius 1 is 1.33 bits per heavy atom. The molecule has 24 heavy (non-hydrogen) atoms. The lowest BCUT2D eigenvalue weighted by atomic mass is 9.91. The highest BCUT2D eigenvalue weighted by Crippen LogP contribution is 2.38. The summed E-state index contributed by atoms with van der Waals surface area (Å²) < 4.78 is 43.4. The Kier molecular flexibility index (Phi) is 5.24. The van der Waals surface area contributed by atoms with Crippen LogP contribution in [0.25, 0.3) is 0 Å². The molecule has 0 aliphatic carbocycles. The van der Waals surface area contributed by atoms with Crippen LogP contribution in [0.2, 0.25) is 0 Å². The summed E-state index contributed by atoms with van der Waals surface area (Å²) in [5.41, 5.74) is -2.25. The molecule has 1 aliphatic rings. The first-order chi connectivity index (χ1) is 11.2. The number of amides is 2. The Labute approximate surface area is 137 Å². The second-order valence-electron chi connectivity index (χ2n) is 5.46. The van der Waals surface area contributed by atoms with Crippen molar-refractivity contribution in [1.29, 1.82) is 0 Å². The quantitative estimate of drug-likeness (QED) is 0.830. The number of carbonyl (C=O) groups is 1. The van der Waals surface area contributed by atoms with E-state index in [0.29, 0.717) is 11.4 Å². The Bertz CT molecular complexity index is 615. The van der Waals surface area contributed by atoms with Gasteiger partial charge in [-0.25, -0.2) is 4.79 Å². The van der Waals surface area contributed by atoms with Gasteiger partial charge in [-0.1, -0.05) is 5.92 Å². The number of aliphatic hydroxyl groups is 1. The van der Waals surface area contributed by atoms with Gasteiger partial charge in [0.15, 0.2) is 5.60 Å². The molecule has 0 saturated carbocycles. The van der Waals surface area contributed by atoms with Crippen molar-refractivity contribution in [2.45, 2.75) is 24.6 Å². The zero-order chi connectivity index (χ0) is 17.8. The standard InChI is InChI=1S/C16H17F3N2O3/c1-2-11-24-13-5-3-12(4-6-13)20-14(22)21-9-7-15(23,8-10-21)16(17,18)19/h1,3-6,23H,7-11H2,(H,20,22). The third-order valence-corrected chi connectivity index (χ3v) is 3.83. The lowest BCUT2D eigenvalue weighted by Crippen LogP contribution is -2.55. The zero-order valence-corrected chi connectivity index (χ0v) is 12.8. The van der Waals surface area contributed by atoms with E-state index in [4.69, 9.17) is 11.2 Å². The van der Waals surface area contributed by atoms with Gasteiger partial charge in [-0.05, 0) is 24.3 Å². The van der Waals surface area contributed by atoms with Crippen LogP contribution in [0.4, 0.5) is 23.7 Å². The molecule has 1 aromatic rings. The molecule has 5 nitrogen and oxygen atoms in total. The first-order valence-corrected chi connectivity index (χ1v) is 7.26. The average Bonchev–Trinajstić information content (AvgIpc) is 2.54. The van der Waals surface area contributed by atoms with Crippen molar-refractivity contribution in [3.8, 4) is 18.1 Å². The Balaban J connectivity index is 1.89. The SMILES string of the molecule is C#CCOc1ccc(NC(=O)N2CCC(O)(C(F)(F)F)CC2)cc1. The second kappa shape index (κ2) is 7.01. The number of nitrogens with one attached hydrogen (secondary N) is 1. The number of urea groups is 1. The lowest BCUT2D eigenvalue weighted by molar-refractivity contribution is -0.271. The van der Waals surface area contributed by atoms with Crippen LogP contribution in [0.15, 0.2) is 24.3 Å². The molecule has 0 bridgehead atoms. The number of likely N-dealkylation sites (tertiary alicyclic amines) is 1. The number of nitrogens with zero attached hydrogens (tertiary/aromatic N) is 1. The van der Waals surface area contributed by atoms with E-state index >= 15 is 0 Å². The maximum Gasteiger partial charge on any atom is 0.417 e. The molecule has 1 heterocycles. The van der Waals surface area contributed by atoms with Gasteiger partial charge >= 0.3 is 12.2 Å². The fourth-order valence-electron chi connectivity index (χ4n) is 2.33. The number of hydrogen-bond donors (Lipinski definition) is 2. The highest BCUT2D eigenvalue weighted by molar-refractivity contribution is 5.89. The summed E-state index contributed by atoms with van der Waals surface area (Å²) in [5, 5.41) is 12.2. The van der Waals surface area contributed by atoms with E-state index in [9.17, 15) is 23.1 Å². The minimum Gasteiger partial charge on any atom is -0.481 e. The van der Waals surface area contributed by atoms with E-state index in [0.717, 1.165) is 0 Å². The molecule has 2 rings (SSSR count). The molecule has 8 heteroatoms. The number of halogens is 3. The largest absolute Gasteiger partial charge is 0.481 e. The summed E-state index contributed by atoms with van der Waals surface area (Å²) >= 11 is 0. The fraction of sp³-hybridized carbons (Fsp3) is 0.438. The predicted molar refractivity (Wildman–Crippen MR) is 81.6 cm³/mol. The monoisotopic (exact) mass is 342 g/mol. The van der Waals surface area contributed by atoms with Crippen molar-refractivity contribution >= 4 is 11.7 Å². The number of carbonyl (C=O) groups excluding carboxylic acids is 1. The van der Waals surface area contributed by atoms with Gasteiger partial charge in [-0.15, -0.1) is 6.42 Å². The number of piperidine rings is 1. The summed E-state index contributed by atoms with van der Waals surface area (Å²) in [6.45, 7) is -0.224. The highest BCUT2D eigenvalue weighted by atomic mass is 19.4. The van der Waals surface area contributed by atoms with Crippen LogP contribution >= 0.6 is 0 Å². The van der Waals surface area contributed by atoms with Crippen molar-refractivity contribution in [2.24, 2.45) is 0 Å². The Hall–Kier alpha value is -2.40. The van der Waals surface area contributed by atoms with E-state index in [-0.39, 0.29) is 19.7 Å². The normalized spacial score (nSPS) is 17.0. The van der Waals surface area contributed by atoms with Gasteiger partial charge in [0.2, 0.25) is 0 Å². The first kappa shape index (κ1) is 17.9. The Morgan fingerprint density at radius 2 is 1.92 bits per heavy atom. The van der Waals surface area contributed by atoms with Gasteiger partial charge in [-0.2, -0.15) is 13.2 Å². The Morgan fingerprint density at radius 3 is 2.42 bits per heavy atom. The third-order valence-electron chi connectivity index (χ3n) is 3.83. The van der Waals surface area contributed by atoms with Gasteiger partial charge in [0.1, 0.15) is 12.4 Å². The molecule has 1 saturated heterocycles. The van der Waals surface area contributed by atoms with E-state index < -0.39 is 30.7 Å². The van der Waals surface area contributed by atoms with Gasteiger partial charge < -0.3 is 20.1 Å². The molecule has 0 unspecified atom stereocenters. The van der Waals surface area contributed by atoms with Crippen molar-refractivity contribution in [3.63, 3.8) is 0 Å². The van der Waals surface area contributed by atoms with Crippen LogP contribution in [-0.4, -0.2) is 47.5 Å². The first-order valence-electron chi connectivity index (χ1n) is 7.26. The van der Waals surface area contributed by atoms with Crippen LogP contribution in [0.3, 0.4) is 0 Å². The summed E-state index contributed by atoms with van der Waals surface area (Å²) in [6.07, 6.45) is -0.694. The summed E-state index contributed by atoms with van der Waals surface area (Å²) in [4.78, 5) is 13.3. The molecule has 2 amide bonds. The molecular formula is C16H17F3N2O3. The maximum atomic E-state index is 12.7. The number of hydrogen-bond acceptors (Lipinski definition) is 3. The van der Waals surface area contributed by atoms with Crippen molar-refractivity contribution < 1.29 is 27.8 Å². The highest BCUT2D eigenvalue weighted by Gasteiger charge is 2.54. The van der Waals surface area contributed by atoms with Gasteiger partial charge in [0.05, 0.1) is 0 Å². The van der Waals surface area contributed by atoms with E-state index in [1.807, 2.05) is 0 Å². The number of ether oxygens (including phenoxy) is 1. The van der Waals surface area contributed by atoms with Crippen LogP contribution in [0.1, 0.15) is 12.8 Å². The number of anilines is 1. The molecule has 0 spiro atoms. The number of benzene rings is 1. The summed E-state index contributed by atoms with van der Waals surface area (Å²) in [5.74, 6) is 2.86. The molecule has 0 aromatic heterocycles. The lowest BCUT2D eigenvalue weighted by Gasteiger charge is -2.38. The van der Waals surface area contributed by atoms with Gasteiger partial charge in [0, 0.05) is 31.6 Å². The molecule has 130 valence electrons. The van der Waals surface area contributed by atoms with Gasteiger partial charge in [0.25, 0.3) is 0 Å². The van der Waals surface area contributed by atoms with E-state index in [1.54, 1.807) is 24.3 Å².